The van der Waals surface area contributed by atoms with Gasteiger partial charge in [0.2, 0.25) is 0 Å². The van der Waals surface area contributed by atoms with Crippen LogP contribution in [0.2, 0.25) is 0 Å². The van der Waals surface area contributed by atoms with Gasteiger partial charge in [0.1, 0.15) is 6.29 Å². The van der Waals surface area contributed by atoms with Crippen molar-refractivity contribution in [2.75, 3.05) is 0 Å². The van der Waals surface area contributed by atoms with Crippen LogP contribution in [0.1, 0.15) is 34.0 Å². The molecule has 3 aromatic rings. The number of aldehydes is 1. The number of carbonyl (C=O) groups excluding carboxylic acids is 1. The summed E-state index contributed by atoms with van der Waals surface area (Å²) in [5.41, 5.74) is 6.75. The molecule has 0 unspecified atom stereocenters. The maximum atomic E-state index is 10.7. The van der Waals surface area contributed by atoms with Gasteiger partial charge in [-0.2, -0.15) is 20.5 Å². The van der Waals surface area contributed by atoms with Gasteiger partial charge in [0.05, 0.1) is 22.7 Å². The number of azo groups is 2. The Labute approximate surface area is 169 Å². The summed E-state index contributed by atoms with van der Waals surface area (Å²) in [5.74, 6) is 1.81. The molecule has 0 N–H and O–H groups in total. The molecule has 3 aromatic carbocycles. The summed E-state index contributed by atoms with van der Waals surface area (Å²) in [6, 6.07) is 14.8. The van der Waals surface area contributed by atoms with Gasteiger partial charge >= 0.3 is 0 Å². The summed E-state index contributed by atoms with van der Waals surface area (Å²) in [6.07, 6.45) is 1.68. The van der Waals surface area contributed by atoms with E-state index >= 15 is 0 Å². The highest BCUT2D eigenvalue weighted by Gasteiger charge is 2.22. The molecule has 4 rings (SSSR count). The van der Waals surface area contributed by atoms with E-state index in [1.165, 1.54) is 0 Å². The molecule has 1 aliphatic rings. The van der Waals surface area contributed by atoms with E-state index in [9.17, 15) is 4.79 Å². The first-order chi connectivity index (χ1) is 14.1. The second-order valence-corrected chi connectivity index (χ2v) is 6.92. The minimum atomic E-state index is 0.612. The summed E-state index contributed by atoms with van der Waals surface area (Å²) in [5, 5.41) is 17.5. The minimum Gasteiger partial charge on any atom is -0.449 e. The Morgan fingerprint density at radius 1 is 0.828 bits per heavy atom. The molecule has 0 fully saturated rings. The first kappa shape index (κ1) is 18.7. The molecule has 0 atom stereocenters. The first-order valence-electron chi connectivity index (χ1n) is 9.42. The lowest BCUT2D eigenvalue weighted by molar-refractivity contribution is 0.112. The molecule has 0 aliphatic carbocycles. The molecule has 6 heteroatoms. The number of hydrogen-bond acceptors (Lipinski definition) is 6. The third-order valence-corrected chi connectivity index (χ3v) is 4.75. The molecule has 0 bridgehead atoms. The summed E-state index contributed by atoms with van der Waals surface area (Å²) in [4.78, 5) is 10.7. The van der Waals surface area contributed by atoms with Crippen LogP contribution in [0.3, 0.4) is 0 Å². The number of benzene rings is 3. The standard InChI is InChI=1S/C23H20N4O2/c1-4-17-11-21-22(29-21)12-20(17)26-25-19-9-14(2)23(15(3)10-19)27-24-18-7-5-16(13-28)6-8-18/h5-13H,4H2,1-3H3. The second-order valence-electron chi connectivity index (χ2n) is 6.92. The highest BCUT2D eigenvalue weighted by atomic mass is 16.6. The van der Waals surface area contributed by atoms with Gasteiger partial charge in [-0.15, -0.1) is 0 Å². The van der Waals surface area contributed by atoms with Crippen molar-refractivity contribution in [3.05, 3.63) is 70.8 Å². The van der Waals surface area contributed by atoms with Crippen LogP contribution in [0.4, 0.5) is 22.7 Å². The van der Waals surface area contributed by atoms with E-state index in [1.807, 2.05) is 38.1 Å². The predicted octanol–water partition coefficient (Wildman–Crippen LogP) is 7.61. The molecule has 29 heavy (non-hydrogen) atoms. The Morgan fingerprint density at radius 2 is 1.48 bits per heavy atom. The van der Waals surface area contributed by atoms with E-state index in [-0.39, 0.29) is 0 Å². The van der Waals surface area contributed by atoms with Crippen LogP contribution in [0.15, 0.2) is 69.0 Å². The van der Waals surface area contributed by atoms with Gasteiger partial charge in [-0.05, 0) is 79.4 Å². The molecule has 144 valence electrons. The number of fused-ring (bicyclic) bond motifs is 1. The summed E-state index contributed by atoms with van der Waals surface area (Å²) in [6.45, 7) is 6.04. The first-order valence-corrected chi connectivity index (χ1v) is 9.42. The van der Waals surface area contributed by atoms with Crippen LogP contribution < -0.4 is 4.74 Å². The Morgan fingerprint density at radius 3 is 2.14 bits per heavy atom. The largest absolute Gasteiger partial charge is 0.449 e. The monoisotopic (exact) mass is 384 g/mol. The van der Waals surface area contributed by atoms with Gasteiger partial charge < -0.3 is 4.74 Å². The van der Waals surface area contributed by atoms with Crippen LogP contribution >= 0.6 is 0 Å². The molecule has 0 radical (unpaired) electrons. The smallest absolute Gasteiger partial charge is 0.172 e. The zero-order valence-corrected chi connectivity index (χ0v) is 16.5. The van der Waals surface area contributed by atoms with E-state index in [4.69, 9.17) is 4.74 Å². The second kappa shape index (κ2) is 7.75. The van der Waals surface area contributed by atoms with Gasteiger partial charge in [-0.25, -0.2) is 0 Å². The number of hydrogen-bond donors (Lipinski definition) is 0. The lowest BCUT2D eigenvalue weighted by atomic mass is 10.1. The van der Waals surface area contributed by atoms with Gasteiger partial charge in [0.15, 0.2) is 11.5 Å². The zero-order valence-electron chi connectivity index (χ0n) is 16.5. The van der Waals surface area contributed by atoms with Crippen LogP contribution in [0.5, 0.6) is 11.5 Å². The fourth-order valence-electron chi connectivity index (χ4n) is 3.11. The number of aryl methyl sites for hydroxylation is 3. The number of ether oxygens (including phenoxy) is 1. The van der Waals surface area contributed by atoms with Gasteiger partial charge in [0.25, 0.3) is 0 Å². The topological polar surface area (TPSA) is 79.0 Å². The van der Waals surface area contributed by atoms with E-state index in [0.717, 1.165) is 58.0 Å². The van der Waals surface area contributed by atoms with Crippen molar-refractivity contribution in [2.45, 2.75) is 27.2 Å². The van der Waals surface area contributed by atoms with Crippen LogP contribution in [0, 0.1) is 13.8 Å². The molecule has 0 amide bonds. The van der Waals surface area contributed by atoms with Crippen molar-refractivity contribution in [3.63, 3.8) is 0 Å². The van der Waals surface area contributed by atoms with Crippen molar-refractivity contribution in [3.8, 4) is 11.5 Å². The zero-order chi connectivity index (χ0) is 20.4. The average Bonchev–Trinajstić information content (AvgIpc) is 3.49. The molecule has 1 aliphatic heterocycles. The maximum Gasteiger partial charge on any atom is 0.172 e. The van der Waals surface area contributed by atoms with Crippen LogP contribution in [-0.2, 0) is 6.42 Å². The average molecular weight is 384 g/mol. The van der Waals surface area contributed by atoms with Crippen LogP contribution in [-0.4, -0.2) is 6.29 Å². The van der Waals surface area contributed by atoms with Gasteiger partial charge in [0, 0.05) is 11.6 Å². The molecular formula is C23H20N4O2. The maximum absolute atomic E-state index is 10.7. The predicted molar refractivity (Wildman–Crippen MR) is 112 cm³/mol. The highest BCUT2D eigenvalue weighted by molar-refractivity contribution is 5.75. The summed E-state index contributed by atoms with van der Waals surface area (Å²) in [7, 11) is 0. The van der Waals surface area contributed by atoms with E-state index in [0.29, 0.717) is 11.3 Å². The number of carbonyl (C=O) groups is 1. The fourth-order valence-corrected chi connectivity index (χ4v) is 3.11. The Balaban J connectivity index is 1.56. The molecular weight excluding hydrogens is 364 g/mol. The van der Waals surface area contributed by atoms with Gasteiger partial charge in [-0.1, -0.05) is 6.92 Å². The van der Waals surface area contributed by atoms with E-state index in [2.05, 4.69) is 27.4 Å². The lowest BCUT2D eigenvalue weighted by Crippen LogP contribution is -1.81. The Kier molecular flexibility index (Phi) is 4.99. The normalized spacial score (nSPS) is 12.2. The van der Waals surface area contributed by atoms with E-state index in [1.54, 1.807) is 24.3 Å². The van der Waals surface area contributed by atoms with Crippen molar-refractivity contribution in [1.29, 1.82) is 0 Å². The van der Waals surface area contributed by atoms with E-state index < -0.39 is 0 Å². The van der Waals surface area contributed by atoms with Crippen LogP contribution in [0.25, 0.3) is 0 Å². The fraction of sp³-hybridized carbons (Fsp3) is 0.174. The van der Waals surface area contributed by atoms with Crippen molar-refractivity contribution in [2.24, 2.45) is 20.5 Å². The third kappa shape index (κ3) is 4.11. The lowest BCUT2D eigenvalue weighted by Gasteiger charge is -2.05. The minimum absolute atomic E-state index is 0.612. The molecule has 0 spiro atoms. The Hall–Kier alpha value is -3.67. The van der Waals surface area contributed by atoms with Crippen molar-refractivity contribution in [1.82, 2.24) is 0 Å². The van der Waals surface area contributed by atoms with Gasteiger partial charge in [-0.3, -0.25) is 4.79 Å². The molecule has 0 saturated heterocycles. The third-order valence-electron chi connectivity index (χ3n) is 4.75. The summed E-state index contributed by atoms with van der Waals surface area (Å²) < 4.78 is 5.36. The molecule has 0 aromatic heterocycles. The molecule has 1 heterocycles. The van der Waals surface area contributed by atoms with Crippen molar-refractivity contribution < 1.29 is 9.53 Å². The molecule has 0 saturated carbocycles. The highest BCUT2D eigenvalue weighted by Crippen LogP contribution is 2.49. The quantitative estimate of drug-likeness (QED) is 0.195. The number of rotatable bonds is 6. The number of nitrogens with zero attached hydrogens (tertiary/aromatic N) is 4. The SMILES string of the molecule is CCc1cc2c(cc1N=Nc1cc(C)c(N=Nc3ccc(C=O)cc3)c(C)c1)O2. The Bertz CT molecular complexity index is 1130. The van der Waals surface area contributed by atoms with Crippen molar-refractivity contribution >= 4 is 29.0 Å². The summed E-state index contributed by atoms with van der Waals surface area (Å²) >= 11 is 0. The molecule has 6 nitrogen and oxygen atoms in total.